The van der Waals surface area contributed by atoms with Crippen LogP contribution in [0.5, 0.6) is 0 Å². The number of sulfone groups is 1. The number of allylic oxidation sites excluding steroid dienone is 1. The van der Waals surface area contributed by atoms with Gasteiger partial charge in [0.15, 0.2) is 9.84 Å². The molecule has 0 radical (unpaired) electrons. The van der Waals surface area contributed by atoms with Crippen molar-refractivity contribution >= 4 is 21.6 Å². The van der Waals surface area contributed by atoms with Gasteiger partial charge in [-0.15, -0.1) is 0 Å². The third kappa shape index (κ3) is 6.46. The van der Waals surface area contributed by atoms with E-state index in [0.29, 0.717) is 19.6 Å². The monoisotopic (exact) mass is 575 g/mol. The van der Waals surface area contributed by atoms with Gasteiger partial charge in [0.05, 0.1) is 34.7 Å². The van der Waals surface area contributed by atoms with Gasteiger partial charge in [0.1, 0.15) is 0 Å². The Morgan fingerprint density at radius 2 is 1.80 bits per heavy atom. The second kappa shape index (κ2) is 12.5. The first-order valence-electron chi connectivity index (χ1n) is 12.1. The molecule has 0 saturated heterocycles. The predicted molar refractivity (Wildman–Crippen MR) is 147 cm³/mol. The molecule has 1 aliphatic rings. The van der Waals surface area contributed by atoms with E-state index in [1.807, 2.05) is 24.8 Å². The van der Waals surface area contributed by atoms with Gasteiger partial charge in [-0.3, -0.25) is 4.90 Å². The second-order valence-electron chi connectivity index (χ2n) is 9.01. The average molecular weight is 576 g/mol. The maximum absolute atomic E-state index is 14.0. The summed E-state index contributed by atoms with van der Waals surface area (Å²) in [5, 5.41) is 9.34. The van der Waals surface area contributed by atoms with Crippen LogP contribution in [-0.4, -0.2) is 56.7 Å². The SMILES string of the molecule is C.[C-]#[N+]C1=C(C)N(c2cccc(C(F)(F)F)c2)C(=O)N(CCN(CC)CC)[C@@H]1c1ccc(C#N)cc1S(C)(=O)=O. The number of carbonyl (C=O) groups excluding carboxylic acids is 1. The van der Waals surface area contributed by atoms with Crippen molar-refractivity contribution in [1.29, 1.82) is 5.26 Å². The molecule has 0 bridgehead atoms. The minimum absolute atomic E-state index is 0. The summed E-state index contributed by atoms with van der Waals surface area (Å²) in [7, 11) is -3.90. The number of amides is 2. The molecule has 0 aliphatic carbocycles. The lowest BCUT2D eigenvalue weighted by atomic mass is 9.96. The van der Waals surface area contributed by atoms with E-state index in [-0.39, 0.29) is 47.1 Å². The third-order valence-electron chi connectivity index (χ3n) is 6.65. The van der Waals surface area contributed by atoms with Crippen molar-refractivity contribution in [3.05, 3.63) is 82.0 Å². The largest absolute Gasteiger partial charge is 0.416 e. The van der Waals surface area contributed by atoms with Crippen LogP contribution in [-0.2, 0) is 16.0 Å². The molecule has 0 aromatic heterocycles. The Hall–Kier alpha value is -3.87. The molecule has 1 aliphatic heterocycles. The molecule has 40 heavy (non-hydrogen) atoms. The van der Waals surface area contributed by atoms with E-state index in [4.69, 9.17) is 6.57 Å². The number of rotatable bonds is 8. The lowest BCUT2D eigenvalue weighted by molar-refractivity contribution is -0.137. The van der Waals surface area contributed by atoms with Gasteiger partial charge in [-0.1, -0.05) is 33.4 Å². The number of halogens is 3. The second-order valence-corrected chi connectivity index (χ2v) is 11.0. The Balaban J connectivity index is 0.00000560. The zero-order valence-electron chi connectivity index (χ0n) is 22.0. The van der Waals surface area contributed by atoms with Crippen LogP contribution in [0.15, 0.2) is 58.8 Å². The van der Waals surface area contributed by atoms with E-state index in [0.717, 1.165) is 23.3 Å². The van der Waals surface area contributed by atoms with E-state index in [1.54, 1.807) is 0 Å². The van der Waals surface area contributed by atoms with Gasteiger partial charge >= 0.3 is 12.2 Å². The Morgan fingerprint density at radius 1 is 1.15 bits per heavy atom. The van der Waals surface area contributed by atoms with Crippen molar-refractivity contribution in [2.24, 2.45) is 0 Å². The molecule has 0 fully saturated rings. The fourth-order valence-corrected chi connectivity index (χ4v) is 5.54. The van der Waals surface area contributed by atoms with Crippen molar-refractivity contribution in [1.82, 2.24) is 9.80 Å². The molecule has 3 rings (SSSR count). The number of anilines is 1. The molecular formula is C28H32F3N5O3S. The van der Waals surface area contributed by atoms with Crippen LogP contribution in [0, 0.1) is 17.9 Å². The minimum Gasteiger partial charge on any atom is -0.321 e. The Labute approximate surface area is 233 Å². The van der Waals surface area contributed by atoms with Gasteiger partial charge in [-0.25, -0.2) is 18.1 Å². The number of urea groups is 1. The quantitative estimate of drug-likeness (QED) is 0.355. The number of nitriles is 1. The topological polar surface area (TPSA) is 89.1 Å². The summed E-state index contributed by atoms with van der Waals surface area (Å²) in [5.74, 6) is 0. The first-order valence-corrected chi connectivity index (χ1v) is 14.0. The van der Waals surface area contributed by atoms with Crippen LogP contribution in [0.4, 0.5) is 23.7 Å². The van der Waals surface area contributed by atoms with Crippen molar-refractivity contribution < 1.29 is 26.4 Å². The molecule has 2 aromatic rings. The van der Waals surface area contributed by atoms with E-state index in [9.17, 15) is 31.6 Å². The fourth-order valence-electron chi connectivity index (χ4n) is 4.59. The maximum atomic E-state index is 14.0. The van der Waals surface area contributed by atoms with Crippen molar-refractivity contribution in [3.8, 4) is 6.07 Å². The maximum Gasteiger partial charge on any atom is 0.416 e. The molecule has 214 valence electrons. The highest BCUT2D eigenvalue weighted by Gasteiger charge is 2.42. The van der Waals surface area contributed by atoms with Crippen LogP contribution < -0.4 is 4.90 Å². The van der Waals surface area contributed by atoms with Crippen molar-refractivity contribution in [3.63, 3.8) is 0 Å². The van der Waals surface area contributed by atoms with Gasteiger partial charge in [-0.05, 0) is 55.9 Å². The molecule has 0 saturated carbocycles. The minimum atomic E-state index is -4.65. The van der Waals surface area contributed by atoms with E-state index in [1.165, 1.54) is 42.2 Å². The predicted octanol–water partition coefficient (Wildman–Crippen LogP) is 6.09. The number of carbonyl (C=O) groups is 1. The number of nitrogens with zero attached hydrogens (tertiary/aromatic N) is 5. The highest BCUT2D eigenvalue weighted by atomic mass is 32.2. The normalized spacial score (nSPS) is 16.1. The number of alkyl halides is 3. The number of hydrogen-bond donors (Lipinski definition) is 0. The highest BCUT2D eigenvalue weighted by molar-refractivity contribution is 7.90. The fraction of sp³-hybridized carbons (Fsp3) is 0.393. The molecule has 2 amide bonds. The van der Waals surface area contributed by atoms with Gasteiger partial charge in [0, 0.05) is 30.7 Å². The summed E-state index contributed by atoms with van der Waals surface area (Å²) in [4.78, 5) is 21.9. The highest BCUT2D eigenvalue weighted by Crippen LogP contribution is 2.43. The zero-order chi connectivity index (χ0) is 29.1. The molecule has 0 N–H and O–H groups in total. The number of likely N-dealkylation sites (N-methyl/N-ethyl adjacent to an activating group) is 1. The molecule has 12 heteroatoms. The van der Waals surface area contributed by atoms with Gasteiger partial charge in [0.2, 0.25) is 5.70 Å². The van der Waals surface area contributed by atoms with Crippen molar-refractivity contribution in [2.75, 3.05) is 37.3 Å². The summed E-state index contributed by atoms with van der Waals surface area (Å²) in [6.45, 7) is 15.0. The van der Waals surface area contributed by atoms with Gasteiger partial charge in [0.25, 0.3) is 0 Å². The van der Waals surface area contributed by atoms with Crippen LogP contribution in [0.25, 0.3) is 4.85 Å². The summed E-state index contributed by atoms with van der Waals surface area (Å²) in [6.07, 6.45) is -3.67. The average Bonchev–Trinajstić information content (AvgIpc) is 2.89. The molecule has 1 heterocycles. The molecular weight excluding hydrogens is 543 g/mol. The van der Waals surface area contributed by atoms with E-state index in [2.05, 4.69) is 4.85 Å². The molecule has 0 unspecified atom stereocenters. The standard InChI is InChI=1S/C27H28F3N5O3S.CH4/c1-6-33(7-2)13-14-34-25(22-12-11-19(17-31)15-23(22)39(5,37)38)24(32-4)18(3)35(26(34)36)21-10-8-9-20(16-21)27(28,29)30;/h8-12,15-16,25H,6-7,13-14H2,1-3,5H3;1H4/t25-;/m1./s1. The summed E-state index contributed by atoms with van der Waals surface area (Å²) >= 11 is 0. The van der Waals surface area contributed by atoms with E-state index >= 15 is 0 Å². The summed E-state index contributed by atoms with van der Waals surface area (Å²) in [5.41, 5.74) is -0.718. The molecule has 2 aromatic carbocycles. The zero-order valence-corrected chi connectivity index (χ0v) is 22.8. The van der Waals surface area contributed by atoms with Crippen LogP contribution in [0.2, 0.25) is 0 Å². The van der Waals surface area contributed by atoms with Crippen LogP contribution >= 0.6 is 0 Å². The Bertz CT molecular complexity index is 1490. The Kier molecular flexibility index (Phi) is 10.1. The van der Waals surface area contributed by atoms with Gasteiger partial charge in [-0.2, -0.15) is 18.4 Å². The Morgan fingerprint density at radius 3 is 2.33 bits per heavy atom. The molecule has 1 atom stereocenters. The first kappa shape index (κ1) is 32.3. The van der Waals surface area contributed by atoms with E-state index < -0.39 is 33.6 Å². The van der Waals surface area contributed by atoms with Crippen LogP contribution in [0.3, 0.4) is 0 Å². The summed E-state index contributed by atoms with van der Waals surface area (Å²) < 4.78 is 66.0. The summed E-state index contributed by atoms with van der Waals surface area (Å²) in [6, 6.07) is 8.37. The lowest BCUT2D eigenvalue weighted by Gasteiger charge is -2.43. The first-order chi connectivity index (χ1) is 18.3. The van der Waals surface area contributed by atoms with Crippen LogP contribution in [0.1, 0.15) is 50.9 Å². The van der Waals surface area contributed by atoms with Gasteiger partial charge < -0.3 is 9.80 Å². The third-order valence-corrected chi connectivity index (χ3v) is 7.81. The number of hydrogen-bond acceptors (Lipinski definition) is 5. The molecule has 8 nitrogen and oxygen atoms in total. The lowest BCUT2D eigenvalue weighted by Crippen LogP contribution is -2.51. The molecule has 0 spiro atoms. The number of benzene rings is 2. The van der Waals surface area contributed by atoms with Crippen molar-refractivity contribution in [2.45, 2.75) is 45.3 Å². The smallest absolute Gasteiger partial charge is 0.321 e.